The van der Waals surface area contributed by atoms with Crippen LogP contribution in [0.4, 0.5) is 4.79 Å². The van der Waals surface area contributed by atoms with E-state index in [2.05, 4.69) is 0 Å². The fraction of sp³-hybridized carbons (Fsp3) is 0. The summed E-state index contributed by atoms with van der Waals surface area (Å²) in [5.41, 5.74) is 0. The van der Waals surface area contributed by atoms with Crippen molar-refractivity contribution in [3.8, 4) is 0 Å². The summed E-state index contributed by atoms with van der Waals surface area (Å²) < 4.78 is 0. The van der Waals surface area contributed by atoms with Crippen LogP contribution in [-0.4, -0.2) is 13.5 Å². The number of carbonyl (C=O) groups excluding carboxylic acids is 1. The molecule has 0 aromatic heterocycles. The predicted molar refractivity (Wildman–Crippen MR) is 11.1 cm³/mol. The van der Waals surface area contributed by atoms with Gasteiger partial charge in [0.05, 0.1) is 0 Å². The van der Waals surface area contributed by atoms with Crippen molar-refractivity contribution in [3.05, 3.63) is 0 Å². The fourth-order valence-electron chi connectivity index (χ4n) is 0. The van der Waals surface area contributed by atoms with Crippen LogP contribution < -0.4 is 120 Å². The van der Waals surface area contributed by atoms with Crippen molar-refractivity contribution < 1.29 is 124 Å². The quantitative estimate of drug-likeness (QED) is 0.317. The van der Waals surface area contributed by atoms with Gasteiger partial charge in [-0.2, -0.15) is 0 Å². The maximum Gasteiger partial charge on any atom is 1.00 e. The van der Waals surface area contributed by atoms with E-state index in [0.717, 1.165) is 0 Å². The molecule has 0 aliphatic rings. The number of carboxylic acid groups (broad SMARTS) is 2. The summed E-state index contributed by atoms with van der Waals surface area (Å²) in [6.45, 7) is 0. The monoisotopic (exact) mass is 154 g/mol. The van der Waals surface area contributed by atoms with E-state index in [-0.39, 0.29) is 94.3 Å². The molecule has 48 valence electrons. The minimum absolute atomic E-state index is 0. The Morgan fingerprint density at radius 2 is 0.769 bits per heavy atom. The van der Waals surface area contributed by atoms with Crippen LogP contribution in [0.15, 0.2) is 0 Å². The Labute approximate surface area is 136 Å². The van der Waals surface area contributed by atoms with E-state index >= 15 is 0 Å². The Bertz CT molecular complexity index is 65.3. The van der Waals surface area contributed by atoms with E-state index in [1.807, 2.05) is 0 Å². The van der Waals surface area contributed by atoms with Gasteiger partial charge < -0.3 is 30.1 Å². The molecule has 0 spiro atoms. The Balaban J connectivity index is -0.00000000800. The predicted octanol–water partition coefficient (Wildman–Crippen LogP) is -21.4. The summed E-state index contributed by atoms with van der Waals surface area (Å²) >= 11 is 0. The van der Waals surface area contributed by atoms with Gasteiger partial charge in [-0.3, -0.25) is 7.32 Å². The molecule has 6 nitrogen and oxygen atoms in total. The van der Waals surface area contributed by atoms with Crippen LogP contribution in [-0.2, 0) is 0 Å². The zero-order valence-electron chi connectivity index (χ0n) is 8.53. The number of hydrogen-bond donors (Lipinski definition) is 0. The van der Waals surface area contributed by atoms with Crippen LogP contribution >= 0.6 is 0 Å². The normalized spacial score (nSPS) is 3.92. The van der Waals surface area contributed by atoms with E-state index in [1.165, 1.54) is 0 Å². The minimum Gasteiger partial charge on any atom is -0.907 e. The smallest absolute Gasteiger partial charge is 0.907 e. The molecule has 13 heavy (non-hydrogen) atoms. The molecule has 12 heteroatoms. The largest absolute Gasteiger partial charge is 1.00 e. The zero-order chi connectivity index (χ0) is 7.15. The summed E-state index contributed by atoms with van der Waals surface area (Å²) in [5.74, 6) is 0. The molecule has 0 fully saturated rings. The van der Waals surface area contributed by atoms with Gasteiger partial charge in [0.2, 0.25) is 0 Å². The van der Waals surface area contributed by atoms with Gasteiger partial charge in [0.25, 0.3) is 0 Å². The van der Waals surface area contributed by atoms with Crippen molar-refractivity contribution in [2.24, 2.45) is 0 Å². The Kier molecular flexibility index (Phi) is 129. The second-order valence-electron chi connectivity index (χ2n) is 0.539. The molecule has 0 heterocycles. The molecule has 0 atom stereocenters. The second kappa shape index (κ2) is 36.8. The summed E-state index contributed by atoms with van der Waals surface area (Å²) in [5, 5.41) is 41.9. The first-order valence-electron chi connectivity index (χ1n) is 1.32. The van der Waals surface area contributed by atoms with Crippen molar-refractivity contribution in [1.29, 1.82) is 0 Å². The molecule has 0 unspecified atom stereocenters. The Morgan fingerprint density at radius 3 is 0.769 bits per heavy atom. The van der Waals surface area contributed by atoms with Crippen LogP contribution in [0.25, 0.3) is 0 Å². The summed E-state index contributed by atoms with van der Waals surface area (Å²) in [6, 6.07) is 0. The summed E-state index contributed by atoms with van der Waals surface area (Å²) in [7, 11) is -2.92. The average Bonchev–Trinajstić information content (AvgIpc) is 1.25. The van der Waals surface area contributed by atoms with Crippen molar-refractivity contribution in [3.63, 3.8) is 0 Å². The summed E-state index contributed by atoms with van der Waals surface area (Å²) in [4.78, 5) is 8.33. The van der Waals surface area contributed by atoms with E-state index in [1.54, 1.807) is 0 Å². The molecule has 0 saturated carbocycles. The molecule has 0 amide bonds. The first kappa shape index (κ1) is 45.6. The van der Waals surface area contributed by atoms with E-state index < -0.39 is 13.5 Å². The molecular formula is CBLi5O6. The van der Waals surface area contributed by atoms with Gasteiger partial charge in [0.1, 0.15) is 0 Å². The molecule has 0 radical (unpaired) electrons. The van der Waals surface area contributed by atoms with Gasteiger partial charge in [-0.1, -0.05) is 0 Å². The van der Waals surface area contributed by atoms with E-state index in [9.17, 15) is 0 Å². The number of hydrogen-bond acceptors (Lipinski definition) is 6. The number of rotatable bonds is 0. The van der Waals surface area contributed by atoms with Crippen molar-refractivity contribution >= 4 is 13.5 Å². The van der Waals surface area contributed by atoms with Crippen molar-refractivity contribution in [2.75, 3.05) is 0 Å². The van der Waals surface area contributed by atoms with E-state index in [4.69, 9.17) is 30.1 Å². The van der Waals surface area contributed by atoms with Crippen LogP contribution in [0.5, 0.6) is 0 Å². The van der Waals surface area contributed by atoms with Gasteiger partial charge in [0, 0.05) is 0 Å². The molecule has 0 aliphatic heterocycles. The maximum atomic E-state index is 8.42. The third-order valence-corrected chi connectivity index (χ3v) is 0. The van der Waals surface area contributed by atoms with Gasteiger partial charge in [-0.15, -0.1) is 0 Å². The minimum atomic E-state index is -2.92. The molecular weight excluding hydrogens is 154 g/mol. The van der Waals surface area contributed by atoms with Gasteiger partial charge in [0.15, 0.2) is 0 Å². The third-order valence-electron chi connectivity index (χ3n) is 0. The van der Waals surface area contributed by atoms with Crippen LogP contribution in [0.1, 0.15) is 0 Å². The van der Waals surface area contributed by atoms with Crippen LogP contribution in [0.2, 0.25) is 0 Å². The molecule has 0 bridgehead atoms. The van der Waals surface area contributed by atoms with Gasteiger partial charge >= 0.3 is 94.3 Å². The number of carbonyl (C=O) groups is 1. The van der Waals surface area contributed by atoms with Gasteiger partial charge in [-0.25, -0.2) is 0 Å². The van der Waals surface area contributed by atoms with Crippen molar-refractivity contribution in [1.82, 2.24) is 0 Å². The maximum absolute atomic E-state index is 8.42. The SMILES string of the molecule is O=C([O-])[O-].[Li+].[Li+].[Li+].[Li+].[Li+].[O-]B([O-])[O-]. The average molecular weight is 154 g/mol. The molecule has 0 aliphatic carbocycles. The summed E-state index contributed by atoms with van der Waals surface area (Å²) in [6.07, 6.45) is -2.33. The zero-order valence-corrected chi connectivity index (χ0v) is 8.53. The van der Waals surface area contributed by atoms with Gasteiger partial charge in [-0.05, 0) is 6.16 Å². The Hall–Kier alpha value is 2.20. The molecule has 0 N–H and O–H groups in total. The topological polar surface area (TPSA) is 132 Å². The Morgan fingerprint density at radius 1 is 0.769 bits per heavy atom. The third kappa shape index (κ3) is 436. The van der Waals surface area contributed by atoms with Crippen LogP contribution in [0, 0.1) is 0 Å². The standard InChI is InChI=1S/CH2O3.BO3.5Li/c2*2-1(3)4;;;;;/h(H2,2,3,4);;;;;;/q;-3;5*+1/p-2. The first-order valence-corrected chi connectivity index (χ1v) is 1.32. The molecule has 0 saturated heterocycles. The van der Waals surface area contributed by atoms with Crippen LogP contribution in [0.3, 0.4) is 0 Å². The molecule has 0 rings (SSSR count). The second-order valence-corrected chi connectivity index (χ2v) is 0.539. The fourth-order valence-corrected chi connectivity index (χ4v) is 0. The molecule has 0 aromatic rings. The molecule has 0 aromatic carbocycles. The van der Waals surface area contributed by atoms with Crippen molar-refractivity contribution in [2.45, 2.75) is 0 Å². The first-order chi connectivity index (χ1) is 3.46. The van der Waals surface area contributed by atoms with E-state index in [0.29, 0.717) is 0 Å².